The first-order valence-corrected chi connectivity index (χ1v) is 12.1. The molecule has 1 amide bonds. The monoisotopic (exact) mass is 493 g/mol. The van der Waals surface area contributed by atoms with Crippen molar-refractivity contribution < 1.29 is 27.4 Å². The minimum atomic E-state index is -4.39. The minimum Gasteiger partial charge on any atom is -0.493 e. The number of fused-ring (bicyclic) bond motifs is 2. The second-order valence-electron chi connectivity index (χ2n) is 9.66. The molecule has 6 nitrogen and oxygen atoms in total. The fourth-order valence-electron chi connectivity index (χ4n) is 5.49. The number of rotatable bonds is 5. The van der Waals surface area contributed by atoms with Gasteiger partial charge in [-0.3, -0.25) is 9.69 Å². The molecule has 35 heavy (non-hydrogen) atoms. The standard InChI is InChI=1S/C26H34F3N3O3/c1-6-18(3)35-20-8-7-19(16-21(20)34-5)24(33)31-11-9-25(10-12-31)23-17(2)15-22(26(27,28)29)32(23)14-13-30(25)4/h7-8,15-16,18H,6,9-14H2,1-5H3. The molecule has 9 heteroatoms. The van der Waals surface area contributed by atoms with Crippen LogP contribution < -0.4 is 9.47 Å². The molecule has 0 N–H and O–H groups in total. The van der Waals surface area contributed by atoms with Crippen LogP contribution in [0.4, 0.5) is 13.2 Å². The average Bonchev–Trinajstić information content (AvgIpc) is 3.19. The van der Waals surface area contributed by atoms with Crippen molar-refractivity contribution >= 4 is 5.91 Å². The number of methoxy groups -OCH3 is 1. The van der Waals surface area contributed by atoms with Gasteiger partial charge >= 0.3 is 6.18 Å². The van der Waals surface area contributed by atoms with Crippen molar-refractivity contribution in [1.29, 1.82) is 0 Å². The Morgan fingerprint density at radius 1 is 1.11 bits per heavy atom. The van der Waals surface area contributed by atoms with E-state index in [0.29, 0.717) is 61.6 Å². The summed E-state index contributed by atoms with van der Waals surface area (Å²) < 4.78 is 53.8. The van der Waals surface area contributed by atoms with Crippen LogP contribution in [0.25, 0.3) is 0 Å². The molecule has 1 fully saturated rings. The fraction of sp³-hybridized carbons (Fsp3) is 0.577. The van der Waals surface area contributed by atoms with Gasteiger partial charge in [0.05, 0.1) is 18.8 Å². The third-order valence-corrected chi connectivity index (χ3v) is 7.60. The highest BCUT2D eigenvalue weighted by molar-refractivity contribution is 5.95. The molecular formula is C26H34F3N3O3. The van der Waals surface area contributed by atoms with Gasteiger partial charge in [-0.05, 0) is 70.0 Å². The van der Waals surface area contributed by atoms with Gasteiger partial charge in [0.25, 0.3) is 5.91 Å². The maximum absolute atomic E-state index is 13.7. The predicted molar refractivity (Wildman–Crippen MR) is 127 cm³/mol. The van der Waals surface area contributed by atoms with Crippen molar-refractivity contribution in [3.8, 4) is 11.5 Å². The predicted octanol–water partition coefficient (Wildman–Crippen LogP) is 5.08. The summed E-state index contributed by atoms with van der Waals surface area (Å²) >= 11 is 0. The molecule has 0 radical (unpaired) electrons. The van der Waals surface area contributed by atoms with E-state index in [1.807, 2.05) is 20.9 Å². The number of carbonyl (C=O) groups is 1. The second kappa shape index (κ2) is 9.41. The number of nitrogens with zero attached hydrogens (tertiary/aromatic N) is 3. The van der Waals surface area contributed by atoms with E-state index in [-0.39, 0.29) is 12.0 Å². The normalized spacial score (nSPS) is 18.9. The quantitative estimate of drug-likeness (QED) is 0.583. The highest BCUT2D eigenvalue weighted by Crippen LogP contribution is 2.46. The maximum atomic E-state index is 13.7. The van der Waals surface area contributed by atoms with Crippen molar-refractivity contribution in [2.75, 3.05) is 33.8 Å². The van der Waals surface area contributed by atoms with E-state index in [0.717, 1.165) is 12.1 Å². The lowest BCUT2D eigenvalue weighted by Crippen LogP contribution is -2.57. The number of amides is 1. The first kappa shape index (κ1) is 25.4. The van der Waals surface area contributed by atoms with E-state index in [9.17, 15) is 18.0 Å². The first-order valence-electron chi connectivity index (χ1n) is 12.1. The van der Waals surface area contributed by atoms with Gasteiger partial charge in [-0.2, -0.15) is 13.2 Å². The zero-order valence-electron chi connectivity index (χ0n) is 21.0. The first-order chi connectivity index (χ1) is 16.5. The van der Waals surface area contributed by atoms with Gasteiger partial charge in [-0.1, -0.05) is 6.92 Å². The molecule has 1 spiro atoms. The molecule has 0 saturated carbocycles. The second-order valence-corrected chi connectivity index (χ2v) is 9.66. The molecule has 192 valence electrons. The summed E-state index contributed by atoms with van der Waals surface area (Å²) in [6.45, 7) is 7.53. The molecular weight excluding hydrogens is 459 g/mol. The number of piperidine rings is 1. The van der Waals surface area contributed by atoms with Gasteiger partial charge in [0.15, 0.2) is 11.5 Å². The smallest absolute Gasteiger partial charge is 0.431 e. The van der Waals surface area contributed by atoms with E-state index in [1.54, 1.807) is 37.1 Å². The molecule has 1 unspecified atom stereocenters. The van der Waals surface area contributed by atoms with Crippen LogP contribution in [0.5, 0.6) is 11.5 Å². The van der Waals surface area contributed by atoms with Crippen LogP contribution in [-0.4, -0.2) is 60.2 Å². The number of hydrogen-bond acceptors (Lipinski definition) is 4. The SMILES string of the molecule is CCC(C)Oc1ccc(C(=O)N2CCC3(CC2)c2c(C)cc(C(F)(F)F)n2CCN3C)cc1OC. The van der Waals surface area contributed by atoms with E-state index in [4.69, 9.17) is 9.47 Å². The topological polar surface area (TPSA) is 46.9 Å². The number of carbonyl (C=O) groups excluding carboxylic acids is 1. The van der Waals surface area contributed by atoms with Gasteiger partial charge < -0.3 is 18.9 Å². The molecule has 0 aliphatic carbocycles. The Labute approximate surface area is 204 Å². The molecule has 1 saturated heterocycles. The van der Waals surface area contributed by atoms with Crippen molar-refractivity contribution in [1.82, 2.24) is 14.4 Å². The summed E-state index contributed by atoms with van der Waals surface area (Å²) in [5.74, 6) is 0.982. The number of ether oxygens (including phenoxy) is 2. The average molecular weight is 494 g/mol. The third-order valence-electron chi connectivity index (χ3n) is 7.60. The number of likely N-dealkylation sites (N-methyl/N-ethyl adjacent to an activating group) is 1. The van der Waals surface area contributed by atoms with E-state index >= 15 is 0 Å². The Morgan fingerprint density at radius 2 is 1.80 bits per heavy atom. The lowest BCUT2D eigenvalue weighted by atomic mass is 9.80. The van der Waals surface area contributed by atoms with Crippen LogP contribution >= 0.6 is 0 Å². The highest BCUT2D eigenvalue weighted by atomic mass is 19.4. The molecule has 3 heterocycles. The molecule has 0 bridgehead atoms. The molecule has 2 aromatic rings. The number of likely N-dealkylation sites (tertiary alicyclic amines) is 1. The lowest BCUT2D eigenvalue weighted by Gasteiger charge is -2.51. The van der Waals surface area contributed by atoms with Crippen molar-refractivity contribution in [2.24, 2.45) is 0 Å². The molecule has 2 aliphatic rings. The minimum absolute atomic E-state index is 0.0245. The van der Waals surface area contributed by atoms with Gasteiger partial charge in [-0.25, -0.2) is 0 Å². The summed E-state index contributed by atoms with van der Waals surface area (Å²) in [7, 11) is 3.52. The van der Waals surface area contributed by atoms with Gasteiger partial charge in [-0.15, -0.1) is 0 Å². The molecule has 1 aromatic heterocycles. The lowest BCUT2D eigenvalue weighted by molar-refractivity contribution is -0.144. The molecule has 1 aromatic carbocycles. The Bertz CT molecular complexity index is 1090. The van der Waals surface area contributed by atoms with Crippen LogP contribution in [0.3, 0.4) is 0 Å². The van der Waals surface area contributed by atoms with E-state index < -0.39 is 17.4 Å². The molecule has 2 aliphatic heterocycles. The molecule has 1 atom stereocenters. The van der Waals surface area contributed by atoms with Crippen molar-refractivity contribution in [3.05, 3.63) is 46.8 Å². The Morgan fingerprint density at radius 3 is 2.40 bits per heavy atom. The highest BCUT2D eigenvalue weighted by Gasteiger charge is 2.48. The van der Waals surface area contributed by atoms with Crippen LogP contribution in [0, 0.1) is 6.92 Å². The van der Waals surface area contributed by atoms with Crippen LogP contribution in [0.2, 0.25) is 0 Å². The Hall–Kier alpha value is -2.68. The zero-order valence-corrected chi connectivity index (χ0v) is 21.0. The maximum Gasteiger partial charge on any atom is 0.431 e. The van der Waals surface area contributed by atoms with Crippen LogP contribution in [0.15, 0.2) is 24.3 Å². The summed E-state index contributed by atoms with van der Waals surface area (Å²) in [6, 6.07) is 6.46. The van der Waals surface area contributed by atoms with Crippen LogP contribution in [0.1, 0.15) is 60.4 Å². The van der Waals surface area contributed by atoms with Crippen LogP contribution in [-0.2, 0) is 18.3 Å². The summed E-state index contributed by atoms with van der Waals surface area (Å²) in [5.41, 5.74) is 0.797. The number of hydrogen-bond donors (Lipinski definition) is 0. The number of alkyl halides is 3. The fourth-order valence-corrected chi connectivity index (χ4v) is 5.49. The zero-order chi connectivity index (χ0) is 25.5. The summed E-state index contributed by atoms with van der Waals surface area (Å²) in [6.07, 6.45) is -2.37. The van der Waals surface area contributed by atoms with Gasteiger partial charge in [0.1, 0.15) is 5.69 Å². The Kier molecular flexibility index (Phi) is 6.83. The largest absolute Gasteiger partial charge is 0.493 e. The van der Waals surface area contributed by atoms with E-state index in [1.165, 1.54) is 10.6 Å². The third kappa shape index (κ3) is 4.50. The molecule has 4 rings (SSSR count). The van der Waals surface area contributed by atoms with Crippen molar-refractivity contribution in [2.45, 2.75) is 64.4 Å². The number of aromatic nitrogens is 1. The number of halogens is 3. The Balaban J connectivity index is 1.55. The van der Waals surface area contributed by atoms with E-state index in [2.05, 4.69) is 4.90 Å². The summed E-state index contributed by atoms with van der Waals surface area (Å²) in [5, 5.41) is 0. The number of aryl methyl sites for hydroxylation is 1. The van der Waals surface area contributed by atoms with Gasteiger partial charge in [0, 0.05) is 37.4 Å². The van der Waals surface area contributed by atoms with Gasteiger partial charge in [0.2, 0.25) is 0 Å². The van der Waals surface area contributed by atoms with Crippen molar-refractivity contribution in [3.63, 3.8) is 0 Å². The number of benzene rings is 1. The summed E-state index contributed by atoms with van der Waals surface area (Å²) in [4.78, 5) is 17.3.